The molecule has 0 unspecified atom stereocenters. The second kappa shape index (κ2) is 11.0. The van der Waals surface area contributed by atoms with Crippen molar-refractivity contribution in [3.63, 3.8) is 0 Å². The van der Waals surface area contributed by atoms with Crippen LogP contribution in [0.5, 0.6) is 17.2 Å². The molecule has 25 heavy (non-hydrogen) atoms. The van der Waals surface area contributed by atoms with Crippen LogP contribution in [-0.2, 0) is 0 Å². The van der Waals surface area contributed by atoms with Crippen LogP contribution < -0.4 is 24.8 Å². The highest BCUT2D eigenvalue weighted by Crippen LogP contribution is 2.38. The van der Waals surface area contributed by atoms with Crippen LogP contribution in [0.15, 0.2) is 12.1 Å². The second-order valence-electron chi connectivity index (χ2n) is 5.62. The van der Waals surface area contributed by atoms with Crippen molar-refractivity contribution >= 4 is 18.3 Å². The highest BCUT2D eigenvalue weighted by Gasteiger charge is 2.17. The molecule has 1 aliphatic rings. The van der Waals surface area contributed by atoms with Crippen LogP contribution in [0, 0.1) is 0 Å². The zero-order valence-electron chi connectivity index (χ0n) is 15.1. The predicted octanol–water partition coefficient (Wildman–Crippen LogP) is 1.16. The first-order valence-electron chi connectivity index (χ1n) is 8.21. The number of carbonyl (C=O) groups is 1. The van der Waals surface area contributed by atoms with Gasteiger partial charge in [-0.3, -0.25) is 4.79 Å². The van der Waals surface area contributed by atoms with E-state index in [1.807, 2.05) is 0 Å². The molecule has 142 valence electrons. The summed E-state index contributed by atoms with van der Waals surface area (Å²) in [7, 11) is 4.61. The third kappa shape index (κ3) is 5.95. The largest absolute Gasteiger partial charge is 0.493 e. The van der Waals surface area contributed by atoms with Gasteiger partial charge in [0.25, 0.3) is 5.91 Å². The number of methoxy groups -OCH3 is 3. The molecule has 0 spiro atoms. The van der Waals surface area contributed by atoms with Gasteiger partial charge in [-0.15, -0.1) is 12.4 Å². The lowest BCUT2D eigenvalue weighted by molar-refractivity contribution is 0.0950. The fourth-order valence-corrected chi connectivity index (χ4v) is 2.75. The van der Waals surface area contributed by atoms with Gasteiger partial charge < -0.3 is 29.7 Å². The summed E-state index contributed by atoms with van der Waals surface area (Å²) in [5.41, 5.74) is 0.492. The molecular formula is C17H28ClN3O4. The minimum atomic E-state index is -0.144. The molecule has 1 amide bonds. The van der Waals surface area contributed by atoms with E-state index in [2.05, 4.69) is 15.5 Å². The monoisotopic (exact) mass is 373 g/mol. The van der Waals surface area contributed by atoms with Gasteiger partial charge in [-0.05, 0) is 25.1 Å². The van der Waals surface area contributed by atoms with Gasteiger partial charge in [0.2, 0.25) is 5.75 Å². The molecule has 0 atom stereocenters. The maximum Gasteiger partial charge on any atom is 0.251 e. The molecule has 0 radical (unpaired) electrons. The van der Waals surface area contributed by atoms with E-state index in [0.29, 0.717) is 29.4 Å². The Morgan fingerprint density at radius 3 is 2.24 bits per heavy atom. The molecule has 0 aliphatic carbocycles. The molecule has 0 saturated carbocycles. The summed E-state index contributed by atoms with van der Waals surface area (Å²) in [5.74, 6) is 1.29. The summed E-state index contributed by atoms with van der Waals surface area (Å²) in [5, 5.41) is 6.28. The predicted molar refractivity (Wildman–Crippen MR) is 99.6 cm³/mol. The molecule has 1 fully saturated rings. The lowest BCUT2D eigenvalue weighted by atomic mass is 10.1. The smallest absolute Gasteiger partial charge is 0.251 e. The number of carbonyl (C=O) groups excluding carboxylic acids is 1. The van der Waals surface area contributed by atoms with Crippen LogP contribution in [0.25, 0.3) is 0 Å². The summed E-state index contributed by atoms with van der Waals surface area (Å²) in [6.45, 7) is 5.86. The molecule has 7 nitrogen and oxygen atoms in total. The highest BCUT2D eigenvalue weighted by molar-refractivity contribution is 5.95. The Balaban J connectivity index is 0.00000312. The number of piperazine rings is 1. The SMILES string of the molecule is COc1cc(C(=O)NCCCN2CCNCC2)cc(OC)c1OC.Cl. The molecule has 1 aromatic carbocycles. The van der Waals surface area contributed by atoms with Crippen LogP contribution in [0.2, 0.25) is 0 Å². The first-order valence-corrected chi connectivity index (χ1v) is 8.21. The van der Waals surface area contributed by atoms with E-state index >= 15 is 0 Å². The number of benzene rings is 1. The highest BCUT2D eigenvalue weighted by atomic mass is 35.5. The Bertz CT molecular complexity index is 526. The summed E-state index contributed by atoms with van der Waals surface area (Å²) in [4.78, 5) is 14.7. The Kier molecular flexibility index (Phi) is 9.41. The van der Waals surface area contributed by atoms with Crippen molar-refractivity contribution in [2.45, 2.75) is 6.42 Å². The van der Waals surface area contributed by atoms with Crippen LogP contribution in [-0.4, -0.2) is 71.4 Å². The first-order chi connectivity index (χ1) is 11.7. The quantitative estimate of drug-likeness (QED) is 0.666. The number of nitrogens with zero attached hydrogens (tertiary/aromatic N) is 1. The fourth-order valence-electron chi connectivity index (χ4n) is 2.75. The van der Waals surface area contributed by atoms with Crippen molar-refractivity contribution in [1.29, 1.82) is 0 Å². The van der Waals surface area contributed by atoms with Crippen LogP contribution in [0.1, 0.15) is 16.8 Å². The lowest BCUT2D eigenvalue weighted by Crippen LogP contribution is -2.44. The normalized spacial score (nSPS) is 14.4. The van der Waals surface area contributed by atoms with Crippen molar-refractivity contribution in [1.82, 2.24) is 15.5 Å². The number of ether oxygens (including phenoxy) is 3. The third-order valence-electron chi connectivity index (χ3n) is 4.07. The average Bonchev–Trinajstić information content (AvgIpc) is 2.64. The average molecular weight is 374 g/mol. The first kappa shape index (κ1) is 21.3. The van der Waals surface area contributed by atoms with Gasteiger partial charge in [0.15, 0.2) is 11.5 Å². The van der Waals surface area contributed by atoms with Crippen molar-refractivity contribution in [2.75, 3.05) is 60.6 Å². The van der Waals surface area contributed by atoms with Gasteiger partial charge in [0, 0.05) is 38.3 Å². The number of nitrogens with one attached hydrogen (secondary N) is 2. The van der Waals surface area contributed by atoms with Crippen molar-refractivity contribution in [2.24, 2.45) is 0 Å². The summed E-state index contributed by atoms with van der Waals surface area (Å²) in [6, 6.07) is 3.32. The molecule has 0 bridgehead atoms. The van der Waals surface area contributed by atoms with Crippen molar-refractivity contribution < 1.29 is 19.0 Å². The molecule has 2 N–H and O–H groups in total. The number of halogens is 1. The molecule has 2 rings (SSSR count). The number of amides is 1. The molecular weight excluding hydrogens is 346 g/mol. The van der Waals surface area contributed by atoms with E-state index in [1.54, 1.807) is 12.1 Å². The standard InChI is InChI=1S/C17H27N3O4.ClH/c1-22-14-11-13(12-15(23-2)16(14)24-3)17(21)19-5-4-8-20-9-6-18-7-10-20;/h11-12,18H,4-10H2,1-3H3,(H,19,21);1H. The number of hydrogen-bond donors (Lipinski definition) is 2. The van der Waals surface area contributed by atoms with Crippen LogP contribution >= 0.6 is 12.4 Å². The zero-order valence-corrected chi connectivity index (χ0v) is 15.9. The van der Waals surface area contributed by atoms with E-state index in [4.69, 9.17) is 14.2 Å². The topological polar surface area (TPSA) is 72.1 Å². The molecule has 8 heteroatoms. The maximum atomic E-state index is 12.3. The Labute approximate surface area is 155 Å². The molecule has 1 heterocycles. The Morgan fingerprint density at radius 2 is 1.72 bits per heavy atom. The summed E-state index contributed by atoms with van der Waals surface area (Å²) < 4.78 is 15.8. The zero-order chi connectivity index (χ0) is 17.4. The van der Waals surface area contributed by atoms with E-state index < -0.39 is 0 Å². The van der Waals surface area contributed by atoms with Gasteiger partial charge >= 0.3 is 0 Å². The van der Waals surface area contributed by atoms with E-state index in [-0.39, 0.29) is 18.3 Å². The Morgan fingerprint density at radius 1 is 1.12 bits per heavy atom. The summed E-state index contributed by atoms with van der Waals surface area (Å²) >= 11 is 0. The number of hydrogen-bond acceptors (Lipinski definition) is 6. The minimum Gasteiger partial charge on any atom is -0.493 e. The third-order valence-corrected chi connectivity index (χ3v) is 4.07. The second-order valence-corrected chi connectivity index (χ2v) is 5.62. The van der Waals surface area contributed by atoms with E-state index in [1.165, 1.54) is 21.3 Å². The molecule has 1 saturated heterocycles. The van der Waals surface area contributed by atoms with E-state index in [0.717, 1.165) is 39.1 Å². The molecule has 1 aromatic rings. The van der Waals surface area contributed by atoms with Gasteiger partial charge in [0.05, 0.1) is 21.3 Å². The van der Waals surface area contributed by atoms with Crippen molar-refractivity contribution in [3.05, 3.63) is 17.7 Å². The van der Waals surface area contributed by atoms with E-state index in [9.17, 15) is 4.79 Å². The van der Waals surface area contributed by atoms with Crippen LogP contribution in [0.4, 0.5) is 0 Å². The van der Waals surface area contributed by atoms with Gasteiger partial charge in [-0.2, -0.15) is 0 Å². The minimum absolute atomic E-state index is 0. The van der Waals surface area contributed by atoms with Gasteiger partial charge in [-0.25, -0.2) is 0 Å². The van der Waals surface area contributed by atoms with Crippen LogP contribution in [0.3, 0.4) is 0 Å². The van der Waals surface area contributed by atoms with Gasteiger partial charge in [0.1, 0.15) is 0 Å². The van der Waals surface area contributed by atoms with Crippen molar-refractivity contribution in [3.8, 4) is 17.2 Å². The lowest BCUT2D eigenvalue weighted by Gasteiger charge is -2.27. The van der Waals surface area contributed by atoms with Gasteiger partial charge in [-0.1, -0.05) is 0 Å². The molecule has 1 aliphatic heterocycles. The summed E-state index contributed by atoms with van der Waals surface area (Å²) in [6.07, 6.45) is 0.927. The molecule has 0 aromatic heterocycles. The number of rotatable bonds is 8. The maximum absolute atomic E-state index is 12.3. The fraction of sp³-hybridized carbons (Fsp3) is 0.588. The Hall–Kier alpha value is -1.70.